The third kappa shape index (κ3) is 2.80. The fourth-order valence-electron chi connectivity index (χ4n) is 0.913. The number of carbonyl (C=O) groups excluding carboxylic acids is 1. The molecule has 1 unspecified atom stereocenters. The van der Waals surface area contributed by atoms with Crippen molar-refractivity contribution in [1.29, 1.82) is 0 Å². The molecule has 0 bridgehead atoms. The van der Waals surface area contributed by atoms with Crippen molar-refractivity contribution < 1.29 is 9.18 Å². The maximum absolute atomic E-state index is 12.6. The highest BCUT2D eigenvalue weighted by Gasteiger charge is 2.10. The number of carbonyl (C=O) groups is 1. The monoisotopic (exact) mass is 196 g/mol. The van der Waals surface area contributed by atoms with Gasteiger partial charge >= 0.3 is 0 Å². The molecule has 0 saturated heterocycles. The van der Waals surface area contributed by atoms with Crippen molar-refractivity contribution in [2.24, 2.45) is 5.92 Å². The van der Waals surface area contributed by atoms with Gasteiger partial charge in [-0.2, -0.15) is 4.39 Å². The fraction of sp³-hybridized carbons (Fsp3) is 0.400. The van der Waals surface area contributed by atoms with E-state index in [0.29, 0.717) is 0 Å². The summed E-state index contributed by atoms with van der Waals surface area (Å²) in [7, 11) is 0. The van der Waals surface area contributed by atoms with Gasteiger partial charge in [0, 0.05) is 5.92 Å². The molecule has 0 spiro atoms. The molecule has 1 atom stereocenters. The third-order valence-corrected chi connectivity index (χ3v) is 2.03. The lowest BCUT2D eigenvalue weighted by Crippen LogP contribution is -2.20. The number of rotatable bonds is 3. The number of hydrogen-bond acceptors (Lipinski definition) is 2. The summed E-state index contributed by atoms with van der Waals surface area (Å²) in [4.78, 5) is 14.9. The lowest BCUT2D eigenvalue weighted by molar-refractivity contribution is -0.119. The average Bonchev–Trinajstić information content (AvgIpc) is 2.16. The molecule has 0 aliphatic heterocycles. The Balaban J connectivity index is 2.65. The number of halogens is 1. The minimum absolute atomic E-state index is 0.0833. The molecule has 1 heterocycles. The molecule has 1 aromatic heterocycles. The Morgan fingerprint density at radius 3 is 2.93 bits per heavy atom. The van der Waals surface area contributed by atoms with Gasteiger partial charge in [0.2, 0.25) is 11.9 Å². The number of aromatic nitrogens is 1. The number of nitrogens with one attached hydrogen (secondary N) is 1. The topological polar surface area (TPSA) is 42.0 Å². The van der Waals surface area contributed by atoms with E-state index in [4.69, 9.17) is 0 Å². The van der Waals surface area contributed by atoms with Crippen LogP contribution in [-0.2, 0) is 4.79 Å². The van der Waals surface area contributed by atoms with E-state index in [2.05, 4.69) is 10.3 Å². The first kappa shape index (κ1) is 10.6. The van der Waals surface area contributed by atoms with E-state index >= 15 is 0 Å². The lowest BCUT2D eigenvalue weighted by Gasteiger charge is -2.08. The van der Waals surface area contributed by atoms with Gasteiger partial charge in [0.05, 0.1) is 0 Å². The summed E-state index contributed by atoms with van der Waals surface area (Å²) in [5, 5.41) is 2.54. The highest BCUT2D eigenvalue weighted by Crippen LogP contribution is 2.07. The summed E-state index contributed by atoms with van der Waals surface area (Å²) in [6.07, 6.45) is 0.751. The zero-order valence-electron chi connectivity index (χ0n) is 8.25. The van der Waals surface area contributed by atoms with Gasteiger partial charge in [-0.25, -0.2) is 4.98 Å². The predicted molar refractivity (Wildman–Crippen MR) is 52.3 cm³/mol. The average molecular weight is 196 g/mol. The molecule has 76 valence electrons. The van der Waals surface area contributed by atoms with Gasteiger partial charge in [-0.1, -0.05) is 19.9 Å². The van der Waals surface area contributed by atoms with Crippen LogP contribution in [-0.4, -0.2) is 10.9 Å². The van der Waals surface area contributed by atoms with Gasteiger partial charge in [-0.15, -0.1) is 0 Å². The highest BCUT2D eigenvalue weighted by molar-refractivity contribution is 5.91. The molecule has 1 aromatic rings. The second-order valence-electron chi connectivity index (χ2n) is 3.14. The van der Waals surface area contributed by atoms with Crippen molar-refractivity contribution in [3.8, 4) is 0 Å². The second kappa shape index (κ2) is 4.69. The Labute approximate surface area is 82.4 Å². The van der Waals surface area contributed by atoms with Crippen LogP contribution in [0.3, 0.4) is 0 Å². The van der Waals surface area contributed by atoms with Gasteiger partial charge in [0.1, 0.15) is 5.82 Å². The summed E-state index contributed by atoms with van der Waals surface area (Å²) in [5.41, 5.74) is 0. The second-order valence-corrected chi connectivity index (χ2v) is 3.14. The SMILES string of the molecule is CCC(C)C(=O)Nc1cccc(F)n1. The molecule has 1 rings (SSSR count). The molecule has 0 aliphatic carbocycles. The Morgan fingerprint density at radius 2 is 2.36 bits per heavy atom. The van der Waals surface area contributed by atoms with Crippen LogP contribution in [0.2, 0.25) is 0 Å². The molecule has 4 heteroatoms. The first-order chi connectivity index (χ1) is 6.63. The number of anilines is 1. The smallest absolute Gasteiger partial charge is 0.228 e. The molecule has 1 amide bonds. The number of hydrogen-bond donors (Lipinski definition) is 1. The Bertz CT molecular complexity index is 328. The Morgan fingerprint density at radius 1 is 1.64 bits per heavy atom. The van der Waals surface area contributed by atoms with Crippen molar-refractivity contribution >= 4 is 11.7 Å². The van der Waals surface area contributed by atoms with E-state index in [-0.39, 0.29) is 17.6 Å². The molecule has 3 nitrogen and oxygen atoms in total. The normalized spacial score (nSPS) is 12.2. The van der Waals surface area contributed by atoms with Crippen molar-refractivity contribution in [2.45, 2.75) is 20.3 Å². The van der Waals surface area contributed by atoms with E-state index < -0.39 is 5.95 Å². The van der Waals surface area contributed by atoms with Crippen molar-refractivity contribution in [3.05, 3.63) is 24.1 Å². The maximum atomic E-state index is 12.6. The van der Waals surface area contributed by atoms with Crippen LogP contribution in [0.15, 0.2) is 18.2 Å². The van der Waals surface area contributed by atoms with Gasteiger partial charge in [-0.3, -0.25) is 4.79 Å². The first-order valence-electron chi connectivity index (χ1n) is 4.57. The van der Waals surface area contributed by atoms with Crippen LogP contribution in [0.1, 0.15) is 20.3 Å². The number of nitrogens with zero attached hydrogens (tertiary/aromatic N) is 1. The summed E-state index contributed by atoms with van der Waals surface area (Å²) in [6, 6.07) is 4.30. The van der Waals surface area contributed by atoms with E-state index in [0.717, 1.165) is 6.42 Å². The van der Waals surface area contributed by atoms with Gasteiger partial charge in [-0.05, 0) is 18.6 Å². The minimum Gasteiger partial charge on any atom is -0.310 e. The third-order valence-electron chi connectivity index (χ3n) is 2.03. The minimum atomic E-state index is -0.591. The van der Waals surface area contributed by atoms with Crippen molar-refractivity contribution in [3.63, 3.8) is 0 Å². The molecule has 1 N–H and O–H groups in total. The van der Waals surface area contributed by atoms with Gasteiger partial charge in [0.15, 0.2) is 0 Å². The van der Waals surface area contributed by atoms with Crippen LogP contribution in [0.5, 0.6) is 0 Å². The Kier molecular flexibility index (Phi) is 3.56. The number of amides is 1. The first-order valence-corrected chi connectivity index (χ1v) is 4.57. The van der Waals surface area contributed by atoms with Crippen LogP contribution in [0.25, 0.3) is 0 Å². The van der Waals surface area contributed by atoms with E-state index in [1.807, 2.05) is 13.8 Å². The van der Waals surface area contributed by atoms with Crippen LogP contribution >= 0.6 is 0 Å². The van der Waals surface area contributed by atoms with E-state index in [9.17, 15) is 9.18 Å². The molecule has 0 saturated carbocycles. The van der Waals surface area contributed by atoms with Crippen LogP contribution in [0, 0.1) is 11.9 Å². The van der Waals surface area contributed by atoms with E-state index in [1.54, 1.807) is 6.07 Å². The largest absolute Gasteiger partial charge is 0.310 e. The molecule has 0 radical (unpaired) electrons. The van der Waals surface area contributed by atoms with Crippen LogP contribution < -0.4 is 5.32 Å². The fourth-order valence-corrected chi connectivity index (χ4v) is 0.913. The summed E-state index contributed by atoms with van der Waals surface area (Å²) >= 11 is 0. The van der Waals surface area contributed by atoms with Crippen LogP contribution in [0.4, 0.5) is 10.2 Å². The van der Waals surface area contributed by atoms with Gasteiger partial charge in [0.25, 0.3) is 0 Å². The Hall–Kier alpha value is -1.45. The van der Waals surface area contributed by atoms with Crippen molar-refractivity contribution in [2.75, 3.05) is 5.32 Å². The standard InChI is InChI=1S/C10H13FN2O/c1-3-7(2)10(14)13-9-6-4-5-8(11)12-9/h4-7H,3H2,1-2H3,(H,12,13,14). The highest BCUT2D eigenvalue weighted by atomic mass is 19.1. The molecular weight excluding hydrogens is 183 g/mol. The predicted octanol–water partition coefficient (Wildman–Crippen LogP) is 2.21. The zero-order chi connectivity index (χ0) is 10.6. The molecule has 14 heavy (non-hydrogen) atoms. The molecule has 0 aromatic carbocycles. The molecule has 0 aliphatic rings. The van der Waals surface area contributed by atoms with E-state index in [1.165, 1.54) is 12.1 Å². The molecule has 0 fully saturated rings. The maximum Gasteiger partial charge on any atom is 0.228 e. The quantitative estimate of drug-likeness (QED) is 0.753. The molecular formula is C10H13FN2O. The zero-order valence-corrected chi connectivity index (χ0v) is 8.25. The summed E-state index contributed by atoms with van der Waals surface area (Å²) in [5.74, 6) is -0.548. The summed E-state index contributed by atoms with van der Waals surface area (Å²) < 4.78 is 12.6. The summed E-state index contributed by atoms with van der Waals surface area (Å²) in [6.45, 7) is 3.73. The van der Waals surface area contributed by atoms with Gasteiger partial charge < -0.3 is 5.32 Å². The van der Waals surface area contributed by atoms with Crippen molar-refractivity contribution in [1.82, 2.24) is 4.98 Å². The number of pyridine rings is 1. The lowest BCUT2D eigenvalue weighted by atomic mass is 10.1.